The molecule has 0 spiro atoms. The molecule has 1 saturated carbocycles. The fourth-order valence-corrected chi connectivity index (χ4v) is 1.80. The molecule has 3 nitrogen and oxygen atoms in total. The second-order valence-electron chi connectivity index (χ2n) is 4.19. The van der Waals surface area contributed by atoms with Crippen molar-refractivity contribution in [2.24, 2.45) is 5.92 Å². The van der Waals surface area contributed by atoms with Crippen LogP contribution in [-0.2, 0) is 4.79 Å². The molecule has 0 aromatic heterocycles. The van der Waals surface area contributed by atoms with E-state index in [4.69, 9.17) is 0 Å². The lowest BCUT2D eigenvalue weighted by Crippen LogP contribution is -2.34. The molecule has 0 aromatic carbocycles. The highest BCUT2D eigenvalue weighted by molar-refractivity contribution is 5.75. The zero-order valence-electron chi connectivity index (χ0n) is 9.59. The van der Waals surface area contributed by atoms with Crippen LogP contribution in [0.1, 0.15) is 32.1 Å². The van der Waals surface area contributed by atoms with Gasteiger partial charge in [0.05, 0.1) is 0 Å². The van der Waals surface area contributed by atoms with E-state index in [2.05, 4.69) is 17.2 Å². The number of carbonyl (C=O) groups is 1. The predicted molar refractivity (Wildman–Crippen MR) is 62.6 cm³/mol. The van der Waals surface area contributed by atoms with Crippen LogP contribution in [0.3, 0.4) is 0 Å². The van der Waals surface area contributed by atoms with Gasteiger partial charge in [-0.1, -0.05) is 6.08 Å². The Morgan fingerprint density at radius 1 is 1.60 bits per heavy atom. The first-order valence-corrected chi connectivity index (χ1v) is 5.82. The van der Waals surface area contributed by atoms with Gasteiger partial charge in [-0.25, -0.2) is 0 Å². The van der Waals surface area contributed by atoms with E-state index in [0.29, 0.717) is 12.5 Å². The summed E-state index contributed by atoms with van der Waals surface area (Å²) in [5.41, 5.74) is 0. The van der Waals surface area contributed by atoms with Gasteiger partial charge in [-0.2, -0.15) is 0 Å². The third-order valence-corrected chi connectivity index (χ3v) is 2.91. The molecule has 86 valence electrons. The monoisotopic (exact) mass is 210 g/mol. The Bertz CT molecular complexity index is 212. The van der Waals surface area contributed by atoms with Crippen molar-refractivity contribution in [3.63, 3.8) is 0 Å². The number of hydrogen-bond donors (Lipinski definition) is 2. The van der Waals surface area contributed by atoms with Gasteiger partial charge in [0.1, 0.15) is 0 Å². The van der Waals surface area contributed by atoms with Crippen molar-refractivity contribution < 1.29 is 4.79 Å². The molecule has 1 atom stereocenters. The van der Waals surface area contributed by atoms with E-state index in [-0.39, 0.29) is 5.91 Å². The molecule has 0 aromatic rings. The van der Waals surface area contributed by atoms with Crippen molar-refractivity contribution in [1.82, 2.24) is 10.6 Å². The molecule has 2 N–H and O–H groups in total. The summed E-state index contributed by atoms with van der Waals surface area (Å²) in [6.45, 7) is 4.53. The maximum atomic E-state index is 11.0. The Hall–Kier alpha value is -0.830. The Morgan fingerprint density at radius 2 is 2.33 bits per heavy atom. The molecule has 3 heteroatoms. The zero-order valence-corrected chi connectivity index (χ0v) is 9.59. The van der Waals surface area contributed by atoms with Gasteiger partial charge in [-0.3, -0.25) is 4.79 Å². The zero-order chi connectivity index (χ0) is 11.1. The molecule has 1 aliphatic carbocycles. The molecule has 1 unspecified atom stereocenters. The Morgan fingerprint density at radius 3 is 2.87 bits per heavy atom. The molecule has 1 fully saturated rings. The Labute approximate surface area is 92.3 Å². The number of amides is 1. The highest BCUT2D eigenvalue weighted by Gasteiger charge is 2.29. The van der Waals surface area contributed by atoms with Crippen LogP contribution in [-0.4, -0.2) is 25.5 Å². The topological polar surface area (TPSA) is 41.1 Å². The van der Waals surface area contributed by atoms with E-state index in [0.717, 1.165) is 25.3 Å². The van der Waals surface area contributed by atoms with Crippen molar-refractivity contribution >= 4 is 5.91 Å². The van der Waals surface area contributed by atoms with Crippen molar-refractivity contribution in [1.29, 1.82) is 0 Å². The summed E-state index contributed by atoms with van der Waals surface area (Å²) in [4.78, 5) is 11.0. The molecule has 0 saturated heterocycles. The number of hydrogen-bond acceptors (Lipinski definition) is 2. The van der Waals surface area contributed by atoms with Crippen LogP contribution < -0.4 is 10.6 Å². The highest BCUT2D eigenvalue weighted by Crippen LogP contribution is 2.34. The van der Waals surface area contributed by atoms with E-state index in [1.165, 1.54) is 12.8 Å². The number of carbonyl (C=O) groups excluding carboxylic acids is 1. The lowest BCUT2D eigenvalue weighted by molar-refractivity contribution is -0.120. The third kappa shape index (κ3) is 4.98. The third-order valence-electron chi connectivity index (χ3n) is 2.91. The standard InChI is InChI=1S/C12H22N2O/c1-3-4-5-11(10-6-7-10)14-9-8-12(15)13-2/h3,10-11,14H,1,4-9H2,2H3,(H,13,15). The molecular formula is C12H22N2O. The van der Waals surface area contributed by atoms with Gasteiger partial charge in [0.15, 0.2) is 0 Å². The first-order chi connectivity index (χ1) is 7.27. The lowest BCUT2D eigenvalue weighted by Gasteiger charge is -2.17. The van der Waals surface area contributed by atoms with Crippen molar-refractivity contribution in [3.05, 3.63) is 12.7 Å². The number of nitrogens with one attached hydrogen (secondary N) is 2. The second kappa shape index (κ2) is 6.62. The second-order valence-corrected chi connectivity index (χ2v) is 4.19. The van der Waals surface area contributed by atoms with Crippen LogP contribution >= 0.6 is 0 Å². The molecule has 15 heavy (non-hydrogen) atoms. The minimum Gasteiger partial charge on any atom is -0.359 e. The molecule has 1 rings (SSSR count). The number of allylic oxidation sites excluding steroid dienone is 1. The van der Waals surface area contributed by atoms with Gasteiger partial charge in [-0.15, -0.1) is 6.58 Å². The number of rotatable bonds is 8. The Balaban J connectivity index is 2.13. The highest BCUT2D eigenvalue weighted by atomic mass is 16.1. The van der Waals surface area contributed by atoms with Crippen LogP contribution in [0.2, 0.25) is 0 Å². The maximum absolute atomic E-state index is 11.0. The maximum Gasteiger partial charge on any atom is 0.221 e. The SMILES string of the molecule is C=CCCC(NCCC(=O)NC)C1CC1. The summed E-state index contributed by atoms with van der Waals surface area (Å²) < 4.78 is 0. The van der Waals surface area contributed by atoms with Crippen LogP contribution in [0.25, 0.3) is 0 Å². The predicted octanol–water partition coefficient (Wildman–Crippen LogP) is 1.46. The van der Waals surface area contributed by atoms with E-state index >= 15 is 0 Å². The first-order valence-electron chi connectivity index (χ1n) is 5.82. The van der Waals surface area contributed by atoms with Crippen molar-refractivity contribution in [2.45, 2.75) is 38.1 Å². The molecule has 0 radical (unpaired) electrons. The molecule has 0 bridgehead atoms. The summed E-state index contributed by atoms with van der Waals surface area (Å²) in [7, 11) is 1.68. The fraction of sp³-hybridized carbons (Fsp3) is 0.750. The average molecular weight is 210 g/mol. The minimum absolute atomic E-state index is 0.112. The van der Waals surface area contributed by atoms with Crippen molar-refractivity contribution in [3.8, 4) is 0 Å². The van der Waals surface area contributed by atoms with Gasteiger partial charge in [0, 0.05) is 26.1 Å². The smallest absolute Gasteiger partial charge is 0.221 e. The van der Waals surface area contributed by atoms with E-state index in [1.54, 1.807) is 7.05 Å². The molecule has 0 heterocycles. The van der Waals surface area contributed by atoms with Crippen LogP contribution in [0.4, 0.5) is 0 Å². The van der Waals surface area contributed by atoms with Gasteiger partial charge in [0.2, 0.25) is 5.91 Å². The first kappa shape index (κ1) is 12.2. The van der Waals surface area contributed by atoms with Crippen LogP contribution in [0.15, 0.2) is 12.7 Å². The minimum atomic E-state index is 0.112. The normalized spacial score (nSPS) is 17.1. The van der Waals surface area contributed by atoms with Gasteiger partial charge in [-0.05, 0) is 31.6 Å². The van der Waals surface area contributed by atoms with Crippen LogP contribution in [0.5, 0.6) is 0 Å². The van der Waals surface area contributed by atoms with Gasteiger partial charge in [0.25, 0.3) is 0 Å². The Kier molecular flexibility index (Phi) is 5.40. The lowest BCUT2D eigenvalue weighted by atomic mass is 10.1. The van der Waals surface area contributed by atoms with E-state index in [1.807, 2.05) is 6.08 Å². The summed E-state index contributed by atoms with van der Waals surface area (Å²) in [5.74, 6) is 0.954. The van der Waals surface area contributed by atoms with E-state index < -0.39 is 0 Å². The fourth-order valence-electron chi connectivity index (χ4n) is 1.80. The van der Waals surface area contributed by atoms with E-state index in [9.17, 15) is 4.79 Å². The summed E-state index contributed by atoms with van der Waals surface area (Å²) in [6.07, 6.45) is 7.45. The summed E-state index contributed by atoms with van der Waals surface area (Å²) in [5, 5.41) is 6.10. The molecule has 1 amide bonds. The van der Waals surface area contributed by atoms with Gasteiger partial charge >= 0.3 is 0 Å². The largest absolute Gasteiger partial charge is 0.359 e. The summed E-state index contributed by atoms with van der Waals surface area (Å²) >= 11 is 0. The quantitative estimate of drug-likeness (QED) is 0.595. The molecular weight excluding hydrogens is 188 g/mol. The molecule has 1 aliphatic rings. The molecule has 0 aliphatic heterocycles. The van der Waals surface area contributed by atoms with Crippen molar-refractivity contribution in [2.75, 3.05) is 13.6 Å². The van der Waals surface area contributed by atoms with Crippen LogP contribution in [0, 0.1) is 5.92 Å². The summed E-state index contributed by atoms with van der Waals surface area (Å²) in [6, 6.07) is 0.590. The van der Waals surface area contributed by atoms with Gasteiger partial charge < -0.3 is 10.6 Å². The average Bonchev–Trinajstić information content (AvgIpc) is 3.06.